The summed E-state index contributed by atoms with van der Waals surface area (Å²) in [5.74, 6) is 0.932. The zero-order chi connectivity index (χ0) is 16.5. The van der Waals surface area contributed by atoms with Gasteiger partial charge in [-0.1, -0.05) is 37.6 Å². The van der Waals surface area contributed by atoms with E-state index in [0.717, 1.165) is 30.3 Å². The van der Waals surface area contributed by atoms with Crippen molar-refractivity contribution in [3.8, 4) is 11.3 Å². The van der Waals surface area contributed by atoms with Crippen molar-refractivity contribution in [1.82, 2.24) is 15.2 Å². The summed E-state index contributed by atoms with van der Waals surface area (Å²) < 4.78 is 0. The van der Waals surface area contributed by atoms with Crippen molar-refractivity contribution in [1.29, 1.82) is 0 Å². The number of aliphatic imine (C=N–C) groups is 1. The van der Waals surface area contributed by atoms with Crippen LogP contribution in [0.4, 0.5) is 0 Å². The average Bonchev–Trinajstić information content (AvgIpc) is 2.61. The highest BCUT2D eigenvalue weighted by Crippen LogP contribution is 2.17. The van der Waals surface area contributed by atoms with Crippen LogP contribution in [0.25, 0.3) is 11.3 Å². The highest BCUT2D eigenvalue weighted by Gasteiger charge is 2.05. The van der Waals surface area contributed by atoms with Gasteiger partial charge in [-0.3, -0.25) is 9.98 Å². The molecule has 0 aliphatic rings. The Kier molecular flexibility index (Phi) is 6.60. The first kappa shape index (κ1) is 17.0. The zero-order valence-corrected chi connectivity index (χ0v) is 14.3. The Bertz CT molecular complexity index is 622. The Labute approximate surface area is 139 Å². The van der Waals surface area contributed by atoms with Gasteiger partial charge in [0.2, 0.25) is 0 Å². The fourth-order valence-corrected chi connectivity index (χ4v) is 2.44. The number of rotatable bonds is 6. The van der Waals surface area contributed by atoms with Crippen LogP contribution in [0.3, 0.4) is 0 Å². The Morgan fingerprint density at radius 1 is 1.22 bits per heavy atom. The zero-order valence-electron chi connectivity index (χ0n) is 14.3. The lowest BCUT2D eigenvalue weighted by molar-refractivity contribution is 0.464. The third-order valence-electron chi connectivity index (χ3n) is 3.76. The molecule has 0 unspecified atom stereocenters. The SMILES string of the molecule is CCCCN(C)C(=NC)NCc1cccc(-c2ccccn2)c1. The lowest BCUT2D eigenvalue weighted by Crippen LogP contribution is -2.38. The van der Waals surface area contributed by atoms with Crippen molar-refractivity contribution in [2.24, 2.45) is 4.99 Å². The monoisotopic (exact) mass is 310 g/mol. The molecule has 0 spiro atoms. The summed E-state index contributed by atoms with van der Waals surface area (Å²) in [5.41, 5.74) is 3.36. The Morgan fingerprint density at radius 2 is 2.09 bits per heavy atom. The van der Waals surface area contributed by atoms with Gasteiger partial charge in [-0.15, -0.1) is 0 Å². The first-order valence-electron chi connectivity index (χ1n) is 8.16. The number of nitrogens with zero attached hydrogens (tertiary/aromatic N) is 3. The molecule has 2 aromatic rings. The van der Waals surface area contributed by atoms with Crippen LogP contribution in [0, 0.1) is 0 Å². The molecule has 122 valence electrons. The van der Waals surface area contributed by atoms with E-state index >= 15 is 0 Å². The molecule has 0 fully saturated rings. The molecule has 2 rings (SSSR count). The topological polar surface area (TPSA) is 40.5 Å². The molecule has 1 aromatic carbocycles. The van der Waals surface area contributed by atoms with Gasteiger partial charge in [-0.25, -0.2) is 0 Å². The average molecular weight is 310 g/mol. The normalized spacial score (nSPS) is 11.3. The van der Waals surface area contributed by atoms with Gasteiger partial charge in [0, 0.05) is 38.9 Å². The van der Waals surface area contributed by atoms with E-state index in [-0.39, 0.29) is 0 Å². The lowest BCUT2D eigenvalue weighted by atomic mass is 10.1. The maximum absolute atomic E-state index is 4.41. The van der Waals surface area contributed by atoms with E-state index in [2.05, 4.69) is 58.4 Å². The van der Waals surface area contributed by atoms with Crippen molar-refractivity contribution in [3.05, 3.63) is 54.2 Å². The number of aromatic nitrogens is 1. The van der Waals surface area contributed by atoms with Crippen molar-refractivity contribution in [3.63, 3.8) is 0 Å². The summed E-state index contributed by atoms with van der Waals surface area (Å²) in [6.07, 6.45) is 4.19. The number of benzene rings is 1. The van der Waals surface area contributed by atoms with Gasteiger partial charge in [0.1, 0.15) is 0 Å². The number of hydrogen-bond donors (Lipinski definition) is 1. The minimum Gasteiger partial charge on any atom is -0.352 e. The maximum Gasteiger partial charge on any atom is 0.193 e. The van der Waals surface area contributed by atoms with Crippen molar-refractivity contribution in [2.45, 2.75) is 26.3 Å². The molecule has 0 bridgehead atoms. The molecule has 0 atom stereocenters. The number of nitrogens with one attached hydrogen (secondary N) is 1. The van der Waals surface area contributed by atoms with Crippen LogP contribution in [0.2, 0.25) is 0 Å². The molecule has 4 nitrogen and oxygen atoms in total. The van der Waals surface area contributed by atoms with Gasteiger partial charge < -0.3 is 10.2 Å². The number of hydrogen-bond acceptors (Lipinski definition) is 2. The third-order valence-corrected chi connectivity index (χ3v) is 3.76. The van der Waals surface area contributed by atoms with Crippen LogP contribution in [0.1, 0.15) is 25.3 Å². The predicted molar refractivity (Wildman–Crippen MR) is 97.4 cm³/mol. The van der Waals surface area contributed by atoms with Crippen LogP contribution >= 0.6 is 0 Å². The highest BCUT2D eigenvalue weighted by atomic mass is 15.3. The van der Waals surface area contributed by atoms with E-state index in [0.29, 0.717) is 0 Å². The molecule has 0 aliphatic carbocycles. The first-order chi connectivity index (χ1) is 11.2. The summed E-state index contributed by atoms with van der Waals surface area (Å²) in [4.78, 5) is 10.9. The minimum atomic E-state index is 0.754. The van der Waals surface area contributed by atoms with Gasteiger partial charge in [-0.2, -0.15) is 0 Å². The van der Waals surface area contributed by atoms with Crippen LogP contribution in [0.5, 0.6) is 0 Å². The molecule has 0 amide bonds. The van der Waals surface area contributed by atoms with Crippen molar-refractivity contribution >= 4 is 5.96 Å². The number of unbranched alkanes of at least 4 members (excludes halogenated alkanes) is 1. The standard InChI is InChI=1S/C19H26N4/c1-4-5-13-23(3)19(20-2)22-15-16-9-8-10-17(14-16)18-11-6-7-12-21-18/h6-12,14H,4-5,13,15H2,1-3H3,(H,20,22). The first-order valence-corrected chi connectivity index (χ1v) is 8.16. The van der Waals surface area contributed by atoms with Crippen molar-refractivity contribution < 1.29 is 0 Å². The van der Waals surface area contributed by atoms with Gasteiger partial charge in [0.25, 0.3) is 0 Å². The van der Waals surface area contributed by atoms with Gasteiger partial charge in [0.15, 0.2) is 5.96 Å². The molecule has 1 heterocycles. The highest BCUT2D eigenvalue weighted by molar-refractivity contribution is 5.79. The molecule has 1 N–H and O–H groups in total. The molecular weight excluding hydrogens is 284 g/mol. The molecule has 1 aromatic heterocycles. The fraction of sp³-hybridized carbons (Fsp3) is 0.368. The molecule has 23 heavy (non-hydrogen) atoms. The second-order valence-corrected chi connectivity index (χ2v) is 5.59. The van der Waals surface area contributed by atoms with E-state index in [1.165, 1.54) is 18.4 Å². The van der Waals surface area contributed by atoms with E-state index in [4.69, 9.17) is 0 Å². The van der Waals surface area contributed by atoms with E-state index in [9.17, 15) is 0 Å². The van der Waals surface area contributed by atoms with Crippen molar-refractivity contribution in [2.75, 3.05) is 20.6 Å². The van der Waals surface area contributed by atoms with Gasteiger partial charge in [-0.05, 0) is 30.2 Å². The molecule has 0 saturated carbocycles. The largest absolute Gasteiger partial charge is 0.352 e. The number of pyridine rings is 1. The molecule has 4 heteroatoms. The fourth-order valence-electron chi connectivity index (χ4n) is 2.44. The third kappa shape index (κ3) is 5.09. The number of guanidine groups is 1. The predicted octanol–water partition coefficient (Wildman–Crippen LogP) is 3.56. The summed E-state index contributed by atoms with van der Waals surface area (Å²) in [7, 11) is 3.91. The summed E-state index contributed by atoms with van der Waals surface area (Å²) in [5, 5.41) is 3.43. The van der Waals surface area contributed by atoms with Gasteiger partial charge >= 0.3 is 0 Å². The van der Waals surface area contributed by atoms with Crippen LogP contribution < -0.4 is 5.32 Å². The quantitative estimate of drug-likeness (QED) is 0.655. The Balaban J connectivity index is 2.00. The van der Waals surface area contributed by atoms with Crippen LogP contribution in [0.15, 0.2) is 53.7 Å². The second kappa shape index (κ2) is 8.93. The summed E-state index contributed by atoms with van der Waals surface area (Å²) in [6.45, 7) is 3.97. The molecule has 0 aliphatic heterocycles. The van der Waals surface area contributed by atoms with E-state index < -0.39 is 0 Å². The van der Waals surface area contributed by atoms with E-state index in [1.54, 1.807) is 0 Å². The van der Waals surface area contributed by atoms with Crippen LogP contribution in [-0.2, 0) is 6.54 Å². The Morgan fingerprint density at radius 3 is 2.78 bits per heavy atom. The summed E-state index contributed by atoms with van der Waals surface area (Å²) >= 11 is 0. The van der Waals surface area contributed by atoms with Crippen LogP contribution in [-0.4, -0.2) is 36.5 Å². The minimum absolute atomic E-state index is 0.754. The second-order valence-electron chi connectivity index (χ2n) is 5.59. The Hall–Kier alpha value is -2.36. The molecule has 0 saturated heterocycles. The maximum atomic E-state index is 4.41. The smallest absolute Gasteiger partial charge is 0.193 e. The van der Waals surface area contributed by atoms with E-state index in [1.807, 2.05) is 31.4 Å². The molecular formula is C19H26N4. The van der Waals surface area contributed by atoms with Gasteiger partial charge in [0.05, 0.1) is 5.69 Å². The lowest BCUT2D eigenvalue weighted by Gasteiger charge is -2.22. The summed E-state index contributed by atoms with van der Waals surface area (Å²) in [6, 6.07) is 14.4. The molecule has 0 radical (unpaired) electrons.